The van der Waals surface area contributed by atoms with Crippen molar-refractivity contribution in [2.75, 3.05) is 31.4 Å². The Morgan fingerprint density at radius 1 is 1.20 bits per heavy atom. The fourth-order valence-corrected chi connectivity index (χ4v) is 4.12. The van der Waals surface area contributed by atoms with Crippen molar-refractivity contribution in [1.82, 2.24) is 9.97 Å². The summed E-state index contributed by atoms with van der Waals surface area (Å²) < 4.78 is 10.7. The summed E-state index contributed by atoms with van der Waals surface area (Å²) in [4.78, 5) is 11.6. The van der Waals surface area contributed by atoms with Crippen LogP contribution in [0, 0.1) is 0 Å². The maximum absolute atomic E-state index is 6.23. The largest absolute Gasteiger partial charge is 0.493 e. The van der Waals surface area contributed by atoms with Gasteiger partial charge >= 0.3 is 0 Å². The number of fused-ring (bicyclic) bond motifs is 1. The minimum absolute atomic E-state index is 0.309. The number of hydrogen-bond acceptors (Lipinski definition) is 7. The van der Waals surface area contributed by atoms with Gasteiger partial charge in [-0.05, 0) is 41.3 Å². The summed E-state index contributed by atoms with van der Waals surface area (Å²) in [5.41, 5.74) is 8.31. The van der Waals surface area contributed by atoms with E-state index in [9.17, 15) is 0 Å². The Hall–Kier alpha value is -2.54. The zero-order valence-electron chi connectivity index (χ0n) is 14.2. The van der Waals surface area contributed by atoms with Crippen LogP contribution in [-0.2, 0) is 0 Å². The van der Waals surface area contributed by atoms with E-state index in [1.54, 1.807) is 25.6 Å². The highest BCUT2D eigenvalue weighted by atomic mass is 32.1. The molecule has 1 atom stereocenters. The van der Waals surface area contributed by atoms with Crippen molar-refractivity contribution in [2.45, 2.75) is 18.9 Å². The van der Waals surface area contributed by atoms with Crippen LogP contribution < -0.4 is 20.1 Å². The second-order valence-electron chi connectivity index (χ2n) is 6.04. The van der Waals surface area contributed by atoms with Gasteiger partial charge in [0.15, 0.2) is 11.5 Å². The van der Waals surface area contributed by atoms with Gasteiger partial charge in [-0.2, -0.15) is 16.3 Å². The lowest BCUT2D eigenvalue weighted by molar-refractivity contribution is 0.356. The van der Waals surface area contributed by atoms with Crippen LogP contribution in [0.25, 0.3) is 10.9 Å². The van der Waals surface area contributed by atoms with Crippen molar-refractivity contribution in [1.29, 1.82) is 0 Å². The monoisotopic (exact) mass is 356 g/mol. The first-order valence-electron chi connectivity index (χ1n) is 8.19. The van der Waals surface area contributed by atoms with Crippen molar-refractivity contribution in [3.05, 3.63) is 34.5 Å². The Balaban J connectivity index is 1.80. The van der Waals surface area contributed by atoms with Crippen LogP contribution >= 0.6 is 11.3 Å². The van der Waals surface area contributed by atoms with E-state index >= 15 is 0 Å². The zero-order chi connectivity index (χ0) is 17.4. The highest BCUT2D eigenvalue weighted by molar-refractivity contribution is 7.08. The van der Waals surface area contributed by atoms with Gasteiger partial charge in [0.25, 0.3) is 0 Å². The molecule has 6 nitrogen and oxygen atoms in total. The van der Waals surface area contributed by atoms with Gasteiger partial charge in [-0.3, -0.25) is 0 Å². The second-order valence-corrected chi connectivity index (χ2v) is 6.82. The Morgan fingerprint density at radius 2 is 2.00 bits per heavy atom. The number of anilines is 2. The Morgan fingerprint density at radius 3 is 2.72 bits per heavy atom. The molecule has 130 valence electrons. The summed E-state index contributed by atoms with van der Waals surface area (Å²) in [5, 5.41) is 5.08. The number of benzene rings is 1. The molecule has 25 heavy (non-hydrogen) atoms. The van der Waals surface area contributed by atoms with Crippen molar-refractivity contribution in [2.24, 2.45) is 0 Å². The van der Waals surface area contributed by atoms with Gasteiger partial charge < -0.3 is 20.1 Å². The lowest BCUT2D eigenvalue weighted by atomic mass is 10.1. The second kappa shape index (κ2) is 6.40. The lowest BCUT2D eigenvalue weighted by Crippen LogP contribution is -2.24. The quantitative estimate of drug-likeness (QED) is 0.769. The summed E-state index contributed by atoms with van der Waals surface area (Å²) in [6, 6.07) is 6.16. The van der Waals surface area contributed by atoms with Gasteiger partial charge in [-0.1, -0.05) is 0 Å². The number of hydrogen-bond donors (Lipinski definition) is 1. The number of nitrogens with two attached hydrogens (primary N) is 1. The number of nitrogens with zero attached hydrogens (tertiary/aromatic N) is 3. The minimum atomic E-state index is 0.309. The van der Waals surface area contributed by atoms with E-state index in [0.717, 1.165) is 30.3 Å². The fourth-order valence-electron chi connectivity index (χ4n) is 3.41. The number of rotatable bonds is 4. The van der Waals surface area contributed by atoms with Crippen LogP contribution in [0.5, 0.6) is 11.5 Å². The standard InChI is InChI=1S/C18H20N4O2S/c1-23-15-8-12-13(9-16(15)24-2)20-18(21-17(12)19)22-6-3-4-14(22)11-5-7-25-10-11/h5,7-10,14H,3-4,6H2,1-2H3,(H2,19,20,21)/t14-/m0/s1. The highest BCUT2D eigenvalue weighted by Crippen LogP contribution is 2.38. The van der Waals surface area contributed by atoms with Crippen LogP contribution in [0.1, 0.15) is 24.4 Å². The summed E-state index contributed by atoms with van der Waals surface area (Å²) in [7, 11) is 3.22. The number of nitrogen functional groups attached to an aromatic ring is 1. The van der Waals surface area contributed by atoms with E-state index in [1.807, 2.05) is 12.1 Å². The number of thiophene rings is 1. The van der Waals surface area contributed by atoms with Gasteiger partial charge in [-0.15, -0.1) is 0 Å². The third-order valence-electron chi connectivity index (χ3n) is 4.66. The molecule has 1 aromatic carbocycles. The lowest BCUT2D eigenvalue weighted by Gasteiger charge is -2.24. The molecule has 0 amide bonds. The third-order valence-corrected chi connectivity index (χ3v) is 5.36. The van der Waals surface area contributed by atoms with E-state index in [2.05, 4.69) is 26.7 Å². The number of methoxy groups -OCH3 is 2. The molecule has 3 heterocycles. The molecule has 1 fully saturated rings. The van der Waals surface area contributed by atoms with Crippen LogP contribution in [0.15, 0.2) is 29.0 Å². The predicted molar refractivity (Wildman–Crippen MR) is 101 cm³/mol. The summed E-state index contributed by atoms with van der Waals surface area (Å²) in [5.74, 6) is 2.38. The van der Waals surface area contributed by atoms with Gasteiger partial charge in [0.1, 0.15) is 5.82 Å². The molecular weight excluding hydrogens is 336 g/mol. The van der Waals surface area contributed by atoms with Crippen LogP contribution in [0.4, 0.5) is 11.8 Å². The molecule has 0 spiro atoms. The minimum Gasteiger partial charge on any atom is -0.493 e. The summed E-state index contributed by atoms with van der Waals surface area (Å²) in [6.07, 6.45) is 2.22. The molecule has 4 rings (SSSR count). The first kappa shape index (κ1) is 16.0. The summed E-state index contributed by atoms with van der Waals surface area (Å²) in [6.45, 7) is 0.929. The Bertz CT molecular complexity index is 898. The molecule has 0 saturated carbocycles. The molecule has 0 bridgehead atoms. The van der Waals surface area contributed by atoms with Crippen LogP contribution in [-0.4, -0.2) is 30.7 Å². The van der Waals surface area contributed by atoms with Crippen molar-refractivity contribution in [3.63, 3.8) is 0 Å². The fraction of sp³-hybridized carbons (Fsp3) is 0.333. The molecular formula is C18H20N4O2S. The average Bonchev–Trinajstić information content (AvgIpc) is 3.31. The molecule has 2 aromatic heterocycles. The molecule has 1 aliphatic rings. The molecule has 1 saturated heterocycles. The van der Waals surface area contributed by atoms with E-state index in [0.29, 0.717) is 29.3 Å². The maximum atomic E-state index is 6.23. The van der Waals surface area contributed by atoms with Gasteiger partial charge in [0.05, 0.1) is 25.8 Å². The molecule has 0 aliphatic carbocycles. The van der Waals surface area contributed by atoms with E-state index < -0.39 is 0 Å². The molecule has 0 radical (unpaired) electrons. The normalized spacial score (nSPS) is 17.2. The Labute approximate surface area is 150 Å². The van der Waals surface area contributed by atoms with Crippen molar-refractivity contribution in [3.8, 4) is 11.5 Å². The van der Waals surface area contributed by atoms with Crippen molar-refractivity contribution >= 4 is 34.0 Å². The van der Waals surface area contributed by atoms with Gasteiger partial charge in [0.2, 0.25) is 5.95 Å². The first-order valence-corrected chi connectivity index (χ1v) is 9.13. The van der Waals surface area contributed by atoms with E-state index in [4.69, 9.17) is 20.2 Å². The molecule has 1 aliphatic heterocycles. The van der Waals surface area contributed by atoms with Crippen LogP contribution in [0.2, 0.25) is 0 Å². The Kier molecular flexibility index (Phi) is 4.09. The predicted octanol–water partition coefficient (Wildman–Crippen LogP) is 3.63. The number of aromatic nitrogens is 2. The average molecular weight is 356 g/mol. The molecule has 3 aromatic rings. The smallest absolute Gasteiger partial charge is 0.228 e. The van der Waals surface area contributed by atoms with Crippen molar-refractivity contribution < 1.29 is 9.47 Å². The molecule has 0 unspecified atom stereocenters. The molecule has 7 heteroatoms. The third kappa shape index (κ3) is 2.74. The summed E-state index contributed by atoms with van der Waals surface area (Å²) >= 11 is 1.72. The van der Waals surface area contributed by atoms with Gasteiger partial charge in [-0.25, -0.2) is 4.98 Å². The van der Waals surface area contributed by atoms with E-state index in [1.165, 1.54) is 5.56 Å². The van der Waals surface area contributed by atoms with Crippen LogP contribution in [0.3, 0.4) is 0 Å². The first-order chi connectivity index (χ1) is 12.2. The highest BCUT2D eigenvalue weighted by Gasteiger charge is 2.29. The number of ether oxygens (including phenoxy) is 2. The van der Waals surface area contributed by atoms with E-state index in [-0.39, 0.29) is 0 Å². The molecule has 2 N–H and O–H groups in total. The topological polar surface area (TPSA) is 73.5 Å². The maximum Gasteiger partial charge on any atom is 0.228 e. The van der Waals surface area contributed by atoms with Gasteiger partial charge in [0, 0.05) is 18.0 Å². The zero-order valence-corrected chi connectivity index (χ0v) is 15.0. The SMILES string of the molecule is COc1cc2nc(N3CCC[C@H]3c3ccsc3)nc(N)c2cc1OC.